The van der Waals surface area contributed by atoms with Gasteiger partial charge in [0, 0.05) is 11.4 Å². The number of thiazole rings is 1. The summed E-state index contributed by atoms with van der Waals surface area (Å²) in [5, 5.41) is 3.66. The van der Waals surface area contributed by atoms with Crippen LogP contribution in [0.3, 0.4) is 0 Å². The Morgan fingerprint density at radius 2 is 1.89 bits per heavy atom. The van der Waals surface area contributed by atoms with Gasteiger partial charge in [-0.25, -0.2) is 4.98 Å². The lowest BCUT2D eigenvalue weighted by Gasteiger charge is -2.10. The molecule has 0 atom stereocenters. The fourth-order valence-corrected chi connectivity index (χ4v) is 4.06. The van der Waals surface area contributed by atoms with E-state index in [2.05, 4.69) is 15.0 Å². The molecule has 0 saturated carbocycles. The van der Waals surface area contributed by atoms with Crippen molar-refractivity contribution in [2.45, 2.75) is 11.9 Å². The smallest absolute Gasteiger partial charge is 0.422 e. The van der Waals surface area contributed by atoms with Crippen LogP contribution in [-0.2, 0) is 10.5 Å². The number of thioether (sulfide) groups is 1. The van der Waals surface area contributed by atoms with Crippen molar-refractivity contribution < 1.29 is 22.7 Å². The highest BCUT2D eigenvalue weighted by molar-refractivity contribution is 7.99. The number of halogens is 3. The molecule has 1 N–H and O–H groups in total. The summed E-state index contributed by atoms with van der Waals surface area (Å²) in [5.41, 5.74) is 1.45. The minimum Gasteiger partial charge on any atom is -0.484 e. The Morgan fingerprint density at radius 3 is 2.59 bits per heavy atom. The summed E-state index contributed by atoms with van der Waals surface area (Å²) in [6.45, 7) is -1.35. The van der Waals surface area contributed by atoms with Gasteiger partial charge in [0.2, 0.25) is 5.91 Å². The van der Waals surface area contributed by atoms with E-state index in [4.69, 9.17) is 0 Å². The maximum Gasteiger partial charge on any atom is 0.422 e. The minimum atomic E-state index is -4.38. The molecule has 9 heteroatoms. The van der Waals surface area contributed by atoms with Crippen molar-refractivity contribution >= 4 is 44.9 Å². The summed E-state index contributed by atoms with van der Waals surface area (Å²) in [6, 6.07) is 13.6. The number of anilines is 1. The Hall–Kier alpha value is -2.26. The summed E-state index contributed by atoms with van der Waals surface area (Å²) in [7, 11) is 0. The van der Waals surface area contributed by atoms with E-state index in [1.54, 1.807) is 11.3 Å². The third kappa shape index (κ3) is 6.14. The topological polar surface area (TPSA) is 51.2 Å². The Kier molecular flexibility index (Phi) is 6.22. The highest BCUT2D eigenvalue weighted by Gasteiger charge is 2.28. The SMILES string of the molecule is O=C(CSCc1nc2ccccc2s1)Nc1ccc(OCC(F)(F)F)cc1. The molecule has 0 aliphatic carbocycles. The number of aromatic nitrogens is 1. The molecule has 2 aromatic carbocycles. The van der Waals surface area contributed by atoms with Crippen molar-refractivity contribution in [1.82, 2.24) is 4.98 Å². The van der Waals surface area contributed by atoms with Crippen LogP contribution in [0.2, 0.25) is 0 Å². The molecule has 0 aliphatic heterocycles. The predicted molar refractivity (Wildman–Crippen MR) is 102 cm³/mol. The van der Waals surface area contributed by atoms with Crippen molar-refractivity contribution in [3.05, 3.63) is 53.5 Å². The molecule has 1 aromatic heterocycles. The van der Waals surface area contributed by atoms with Gasteiger partial charge in [-0.15, -0.1) is 23.1 Å². The molecule has 0 aliphatic rings. The fourth-order valence-electron chi connectivity index (χ4n) is 2.21. The van der Waals surface area contributed by atoms with Gasteiger partial charge >= 0.3 is 6.18 Å². The number of nitrogens with zero attached hydrogens (tertiary/aromatic N) is 1. The molecule has 1 amide bonds. The Balaban J connectivity index is 1.43. The molecular weight excluding hydrogens is 397 g/mol. The van der Waals surface area contributed by atoms with E-state index in [-0.39, 0.29) is 17.4 Å². The lowest BCUT2D eigenvalue weighted by Crippen LogP contribution is -2.19. The normalized spacial score (nSPS) is 11.5. The number of fused-ring (bicyclic) bond motifs is 1. The number of benzene rings is 2. The van der Waals surface area contributed by atoms with Crippen LogP contribution in [0.25, 0.3) is 10.2 Å². The monoisotopic (exact) mass is 412 g/mol. The lowest BCUT2D eigenvalue weighted by molar-refractivity contribution is -0.153. The van der Waals surface area contributed by atoms with Crippen LogP contribution in [0.5, 0.6) is 5.75 Å². The molecule has 4 nitrogen and oxygen atoms in total. The number of nitrogens with one attached hydrogen (secondary N) is 1. The molecule has 0 bridgehead atoms. The first-order valence-corrected chi connectivity index (χ1v) is 9.88. The first kappa shape index (κ1) is 19.5. The molecule has 142 valence electrons. The summed E-state index contributed by atoms with van der Waals surface area (Å²) in [5.74, 6) is 0.791. The first-order valence-electron chi connectivity index (χ1n) is 7.91. The molecule has 0 saturated heterocycles. The number of ether oxygens (including phenoxy) is 1. The van der Waals surface area contributed by atoms with E-state index in [0.717, 1.165) is 15.2 Å². The second kappa shape index (κ2) is 8.62. The highest BCUT2D eigenvalue weighted by atomic mass is 32.2. The molecule has 3 aromatic rings. The van der Waals surface area contributed by atoms with Crippen LogP contribution in [0, 0.1) is 0 Å². The first-order chi connectivity index (χ1) is 12.9. The van der Waals surface area contributed by atoms with Gasteiger partial charge in [-0.1, -0.05) is 12.1 Å². The molecule has 0 spiro atoms. The van der Waals surface area contributed by atoms with Crippen molar-refractivity contribution in [2.75, 3.05) is 17.7 Å². The highest BCUT2D eigenvalue weighted by Crippen LogP contribution is 2.25. The average Bonchev–Trinajstić information content (AvgIpc) is 3.03. The average molecular weight is 412 g/mol. The van der Waals surface area contributed by atoms with Crippen LogP contribution >= 0.6 is 23.1 Å². The third-order valence-corrected chi connectivity index (χ3v) is 5.50. The van der Waals surface area contributed by atoms with Crippen molar-refractivity contribution in [2.24, 2.45) is 0 Å². The molecular formula is C18H15F3N2O2S2. The van der Waals surface area contributed by atoms with Gasteiger partial charge in [-0.3, -0.25) is 4.79 Å². The van der Waals surface area contributed by atoms with Gasteiger partial charge in [-0.2, -0.15) is 13.2 Å². The van der Waals surface area contributed by atoms with Crippen LogP contribution in [-0.4, -0.2) is 29.4 Å². The van der Waals surface area contributed by atoms with Crippen LogP contribution in [0.1, 0.15) is 5.01 Å². The van der Waals surface area contributed by atoms with Crippen LogP contribution in [0.15, 0.2) is 48.5 Å². The number of carbonyl (C=O) groups excluding carboxylic acids is 1. The molecule has 0 fully saturated rings. The number of amides is 1. The third-order valence-electron chi connectivity index (χ3n) is 3.34. The zero-order valence-corrected chi connectivity index (χ0v) is 15.6. The largest absolute Gasteiger partial charge is 0.484 e. The van der Waals surface area contributed by atoms with Crippen LogP contribution in [0.4, 0.5) is 18.9 Å². The van der Waals surface area contributed by atoms with E-state index in [0.29, 0.717) is 11.4 Å². The molecule has 0 radical (unpaired) electrons. The van der Waals surface area contributed by atoms with Crippen molar-refractivity contribution in [3.8, 4) is 5.75 Å². The molecule has 0 unspecified atom stereocenters. The molecule has 27 heavy (non-hydrogen) atoms. The summed E-state index contributed by atoms with van der Waals surface area (Å²) in [4.78, 5) is 16.5. The van der Waals surface area contributed by atoms with Gasteiger partial charge in [0.25, 0.3) is 0 Å². The standard InChI is InChI=1S/C18H15F3N2O2S2/c19-18(20,21)11-25-13-7-5-12(6-8-13)22-16(24)9-26-10-17-23-14-3-1-2-4-15(14)27-17/h1-8H,9-11H2,(H,22,24). The summed E-state index contributed by atoms with van der Waals surface area (Å²) < 4.78 is 42.1. The molecule has 3 rings (SSSR count). The van der Waals surface area contributed by atoms with Gasteiger partial charge < -0.3 is 10.1 Å². The Morgan fingerprint density at radius 1 is 1.15 bits per heavy atom. The number of rotatable bonds is 7. The van der Waals surface area contributed by atoms with Crippen molar-refractivity contribution in [3.63, 3.8) is 0 Å². The summed E-state index contributed by atoms with van der Waals surface area (Å²) >= 11 is 3.05. The number of hydrogen-bond acceptors (Lipinski definition) is 5. The molecule has 1 heterocycles. The quantitative estimate of drug-likeness (QED) is 0.586. The lowest BCUT2D eigenvalue weighted by atomic mass is 10.3. The number of carbonyl (C=O) groups is 1. The van der Waals surface area contributed by atoms with E-state index >= 15 is 0 Å². The van der Waals surface area contributed by atoms with E-state index in [9.17, 15) is 18.0 Å². The van der Waals surface area contributed by atoms with Gasteiger partial charge in [0.15, 0.2) is 6.61 Å². The van der Waals surface area contributed by atoms with Gasteiger partial charge in [-0.05, 0) is 36.4 Å². The zero-order chi connectivity index (χ0) is 19.3. The van der Waals surface area contributed by atoms with E-state index in [1.807, 2.05) is 24.3 Å². The Labute approximate surface area is 161 Å². The number of alkyl halides is 3. The summed E-state index contributed by atoms with van der Waals surface area (Å²) in [6.07, 6.45) is -4.38. The second-order valence-corrected chi connectivity index (χ2v) is 7.65. The van der Waals surface area contributed by atoms with E-state index < -0.39 is 12.8 Å². The fraction of sp³-hybridized carbons (Fsp3) is 0.222. The van der Waals surface area contributed by atoms with E-state index in [1.165, 1.54) is 36.0 Å². The van der Waals surface area contributed by atoms with Gasteiger partial charge in [0.05, 0.1) is 16.0 Å². The number of para-hydroxylation sites is 1. The van der Waals surface area contributed by atoms with Crippen LogP contribution < -0.4 is 10.1 Å². The van der Waals surface area contributed by atoms with Crippen molar-refractivity contribution in [1.29, 1.82) is 0 Å². The number of hydrogen-bond donors (Lipinski definition) is 1. The Bertz CT molecular complexity index is 878. The second-order valence-electron chi connectivity index (χ2n) is 5.54. The maximum absolute atomic E-state index is 12.1. The zero-order valence-electron chi connectivity index (χ0n) is 14.0. The minimum absolute atomic E-state index is 0.0931. The van der Waals surface area contributed by atoms with Gasteiger partial charge in [0.1, 0.15) is 10.8 Å². The maximum atomic E-state index is 12.1. The predicted octanol–water partition coefficient (Wildman–Crippen LogP) is 5.11.